The molecule has 2 aromatic carbocycles. The second-order valence-electron chi connectivity index (χ2n) is 5.70. The summed E-state index contributed by atoms with van der Waals surface area (Å²) in [6.45, 7) is -0.105. The van der Waals surface area contributed by atoms with Crippen molar-refractivity contribution < 1.29 is 18.7 Å². The van der Waals surface area contributed by atoms with Gasteiger partial charge in [0.25, 0.3) is 5.91 Å². The molecule has 4 aromatic rings. The number of hydrogen-bond acceptors (Lipinski definition) is 6. The number of nitrogens with one attached hydrogen (secondary N) is 1. The van der Waals surface area contributed by atoms with Crippen LogP contribution in [-0.4, -0.2) is 24.6 Å². The van der Waals surface area contributed by atoms with Gasteiger partial charge in [-0.25, -0.2) is 4.98 Å². The molecule has 0 atom stereocenters. The summed E-state index contributed by atoms with van der Waals surface area (Å²) < 4.78 is 16.3. The van der Waals surface area contributed by atoms with Gasteiger partial charge in [0.2, 0.25) is 0 Å². The van der Waals surface area contributed by atoms with E-state index in [0.29, 0.717) is 22.3 Å². The minimum Gasteiger partial charge on any atom is -0.497 e. The quantitative estimate of drug-likeness (QED) is 0.530. The van der Waals surface area contributed by atoms with E-state index in [1.807, 2.05) is 35.7 Å². The SMILES string of the molecule is COc1ccc(OCC(=O)Nc2nc(-c3cc4ccccc4o3)cs2)cc1. The Bertz CT molecular complexity index is 1040. The first kappa shape index (κ1) is 17.1. The summed E-state index contributed by atoms with van der Waals surface area (Å²) in [5, 5.41) is 6.09. The van der Waals surface area contributed by atoms with E-state index < -0.39 is 0 Å². The average Bonchev–Trinajstić information content (AvgIpc) is 3.33. The summed E-state index contributed by atoms with van der Waals surface area (Å²) >= 11 is 1.33. The van der Waals surface area contributed by atoms with Crippen molar-refractivity contribution in [2.75, 3.05) is 19.0 Å². The molecular weight excluding hydrogens is 364 g/mol. The topological polar surface area (TPSA) is 73.6 Å². The lowest BCUT2D eigenvalue weighted by atomic mass is 10.2. The zero-order valence-electron chi connectivity index (χ0n) is 14.5. The molecule has 27 heavy (non-hydrogen) atoms. The fourth-order valence-electron chi connectivity index (χ4n) is 2.53. The zero-order valence-corrected chi connectivity index (χ0v) is 15.3. The van der Waals surface area contributed by atoms with Crippen molar-refractivity contribution in [3.8, 4) is 23.0 Å². The third-order valence-electron chi connectivity index (χ3n) is 3.86. The average molecular weight is 380 g/mol. The van der Waals surface area contributed by atoms with E-state index in [-0.39, 0.29) is 12.5 Å². The van der Waals surface area contributed by atoms with Gasteiger partial charge in [-0.3, -0.25) is 10.1 Å². The van der Waals surface area contributed by atoms with Gasteiger partial charge in [0.1, 0.15) is 22.8 Å². The second-order valence-corrected chi connectivity index (χ2v) is 6.56. The fraction of sp³-hybridized carbons (Fsp3) is 0.100. The molecule has 1 amide bonds. The van der Waals surface area contributed by atoms with Gasteiger partial charge in [0.15, 0.2) is 17.5 Å². The lowest BCUT2D eigenvalue weighted by molar-refractivity contribution is -0.118. The number of benzene rings is 2. The van der Waals surface area contributed by atoms with Crippen LogP contribution in [0.1, 0.15) is 0 Å². The highest BCUT2D eigenvalue weighted by molar-refractivity contribution is 7.14. The summed E-state index contributed by atoms with van der Waals surface area (Å²) in [6, 6.07) is 16.7. The standard InChI is InChI=1S/C20H16N2O4S/c1-24-14-6-8-15(9-7-14)25-11-19(23)22-20-21-16(12-27-20)18-10-13-4-2-3-5-17(13)26-18/h2-10,12H,11H2,1H3,(H,21,22,23). The number of ether oxygens (including phenoxy) is 2. The van der Waals surface area contributed by atoms with Gasteiger partial charge in [-0.2, -0.15) is 0 Å². The summed E-state index contributed by atoms with van der Waals surface area (Å²) in [4.78, 5) is 16.5. The van der Waals surface area contributed by atoms with Crippen molar-refractivity contribution in [1.82, 2.24) is 4.98 Å². The number of carbonyl (C=O) groups is 1. The van der Waals surface area contributed by atoms with Crippen molar-refractivity contribution in [2.45, 2.75) is 0 Å². The van der Waals surface area contributed by atoms with Gasteiger partial charge in [0.05, 0.1) is 7.11 Å². The van der Waals surface area contributed by atoms with Crippen molar-refractivity contribution in [3.63, 3.8) is 0 Å². The van der Waals surface area contributed by atoms with Crippen LogP contribution >= 0.6 is 11.3 Å². The van der Waals surface area contributed by atoms with Crippen molar-refractivity contribution in [3.05, 3.63) is 60.0 Å². The minimum atomic E-state index is -0.281. The van der Waals surface area contributed by atoms with E-state index >= 15 is 0 Å². The number of fused-ring (bicyclic) bond motifs is 1. The largest absolute Gasteiger partial charge is 0.497 e. The number of amides is 1. The van der Waals surface area contributed by atoms with Gasteiger partial charge in [-0.05, 0) is 36.4 Å². The van der Waals surface area contributed by atoms with Crippen LogP contribution in [-0.2, 0) is 4.79 Å². The number of rotatable bonds is 6. The Morgan fingerprint density at radius 2 is 1.93 bits per heavy atom. The molecule has 6 nitrogen and oxygen atoms in total. The zero-order chi connectivity index (χ0) is 18.6. The van der Waals surface area contributed by atoms with E-state index in [9.17, 15) is 4.79 Å². The molecule has 7 heteroatoms. The summed E-state index contributed by atoms with van der Waals surface area (Å²) in [6.07, 6.45) is 0. The number of furan rings is 1. The number of para-hydroxylation sites is 1. The lowest BCUT2D eigenvalue weighted by Crippen LogP contribution is -2.20. The predicted octanol–water partition coefficient (Wildman–Crippen LogP) is 4.58. The molecule has 136 valence electrons. The van der Waals surface area contributed by atoms with Gasteiger partial charge >= 0.3 is 0 Å². The van der Waals surface area contributed by atoms with E-state index in [1.54, 1.807) is 31.4 Å². The summed E-state index contributed by atoms with van der Waals surface area (Å²) in [5.74, 6) is 1.71. The molecule has 0 bridgehead atoms. The van der Waals surface area contributed by atoms with Crippen molar-refractivity contribution in [2.24, 2.45) is 0 Å². The molecule has 1 N–H and O–H groups in total. The highest BCUT2D eigenvalue weighted by Crippen LogP contribution is 2.30. The Balaban J connectivity index is 1.37. The Labute approximate surface area is 159 Å². The van der Waals surface area contributed by atoms with Crippen molar-refractivity contribution >= 4 is 33.3 Å². The van der Waals surface area contributed by atoms with E-state index in [1.165, 1.54) is 11.3 Å². The molecule has 0 radical (unpaired) electrons. The van der Waals surface area contributed by atoms with Gasteiger partial charge < -0.3 is 13.9 Å². The number of aromatic nitrogens is 1. The fourth-order valence-corrected chi connectivity index (χ4v) is 3.24. The molecule has 0 aliphatic heterocycles. The normalized spacial score (nSPS) is 10.7. The Kier molecular flexibility index (Phi) is 4.76. The first-order valence-electron chi connectivity index (χ1n) is 8.22. The summed E-state index contributed by atoms with van der Waals surface area (Å²) in [5.41, 5.74) is 1.49. The molecule has 0 fully saturated rings. The second kappa shape index (κ2) is 7.51. The van der Waals surface area contributed by atoms with Crippen LogP contribution in [0.4, 0.5) is 5.13 Å². The van der Waals surface area contributed by atoms with Crippen LogP contribution < -0.4 is 14.8 Å². The highest BCUT2D eigenvalue weighted by Gasteiger charge is 2.12. The van der Waals surface area contributed by atoms with Crippen molar-refractivity contribution in [1.29, 1.82) is 0 Å². The molecule has 2 aromatic heterocycles. The molecular formula is C20H16N2O4S. The maximum Gasteiger partial charge on any atom is 0.264 e. The van der Waals surface area contributed by atoms with Gasteiger partial charge in [-0.1, -0.05) is 18.2 Å². The third-order valence-corrected chi connectivity index (χ3v) is 4.62. The number of nitrogens with zero attached hydrogens (tertiary/aromatic N) is 1. The lowest BCUT2D eigenvalue weighted by Gasteiger charge is -2.06. The third kappa shape index (κ3) is 3.93. The summed E-state index contributed by atoms with van der Waals surface area (Å²) in [7, 11) is 1.59. The van der Waals surface area contributed by atoms with Crippen LogP contribution in [0.25, 0.3) is 22.4 Å². The molecule has 2 heterocycles. The Morgan fingerprint density at radius 3 is 2.70 bits per heavy atom. The number of thiazole rings is 1. The molecule has 0 aliphatic rings. The van der Waals surface area contributed by atoms with Crippen LogP contribution in [0.5, 0.6) is 11.5 Å². The maximum absolute atomic E-state index is 12.1. The first-order valence-corrected chi connectivity index (χ1v) is 9.10. The molecule has 0 aliphatic carbocycles. The molecule has 0 saturated heterocycles. The number of anilines is 1. The number of carbonyl (C=O) groups excluding carboxylic acids is 1. The monoisotopic (exact) mass is 380 g/mol. The molecule has 0 unspecified atom stereocenters. The van der Waals surface area contributed by atoms with E-state index in [2.05, 4.69) is 10.3 Å². The maximum atomic E-state index is 12.1. The molecule has 0 spiro atoms. The van der Waals surface area contributed by atoms with Crippen LogP contribution in [0.3, 0.4) is 0 Å². The highest BCUT2D eigenvalue weighted by atomic mass is 32.1. The van der Waals surface area contributed by atoms with Gasteiger partial charge in [0, 0.05) is 10.8 Å². The Hall–Kier alpha value is -3.32. The predicted molar refractivity (Wildman–Crippen MR) is 104 cm³/mol. The van der Waals surface area contributed by atoms with Gasteiger partial charge in [-0.15, -0.1) is 11.3 Å². The Morgan fingerprint density at radius 1 is 1.15 bits per heavy atom. The van der Waals surface area contributed by atoms with Crippen LogP contribution in [0.15, 0.2) is 64.4 Å². The molecule has 4 rings (SSSR count). The van der Waals surface area contributed by atoms with Crippen LogP contribution in [0.2, 0.25) is 0 Å². The minimum absolute atomic E-state index is 0.105. The van der Waals surface area contributed by atoms with Crippen LogP contribution in [0, 0.1) is 0 Å². The van der Waals surface area contributed by atoms with E-state index in [0.717, 1.165) is 16.7 Å². The molecule has 0 saturated carbocycles. The van der Waals surface area contributed by atoms with E-state index in [4.69, 9.17) is 13.9 Å². The first-order chi connectivity index (χ1) is 13.2. The number of methoxy groups -OCH3 is 1. The number of hydrogen-bond donors (Lipinski definition) is 1. The smallest absolute Gasteiger partial charge is 0.264 e.